The average Bonchev–Trinajstić information content (AvgIpc) is 2.15. The molecule has 1 saturated carbocycles. The maximum Gasteiger partial charge on any atom is 0.217 e. The standard InChI is InChI=1S/C7H12FNO/c1-5(10)9-7-4-2-3-6(7)8/h6-7H,2-4H2,1H3,(H,9,10). The number of nitrogens with one attached hydrogen (secondary N) is 1. The predicted molar refractivity (Wildman–Crippen MR) is 36.4 cm³/mol. The topological polar surface area (TPSA) is 29.1 Å². The molecule has 0 radical (unpaired) electrons. The molecule has 2 nitrogen and oxygen atoms in total. The molecule has 1 aliphatic rings. The van der Waals surface area contributed by atoms with Crippen LogP contribution in [0.4, 0.5) is 4.39 Å². The van der Waals surface area contributed by atoms with Gasteiger partial charge in [-0.3, -0.25) is 4.79 Å². The van der Waals surface area contributed by atoms with Crippen LogP contribution in [0.25, 0.3) is 0 Å². The summed E-state index contributed by atoms with van der Waals surface area (Å²) >= 11 is 0. The van der Waals surface area contributed by atoms with E-state index >= 15 is 0 Å². The Morgan fingerprint density at radius 1 is 1.60 bits per heavy atom. The van der Waals surface area contributed by atoms with Crippen LogP contribution >= 0.6 is 0 Å². The molecule has 1 rings (SSSR count). The van der Waals surface area contributed by atoms with Crippen LogP contribution in [0.5, 0.6) is 0 Å². The fourth-order valence-electron chi connectivity index (χ4n) is 1.34. The van der Waals surface area contributed by atoms with Crippen molar-refractivity contribution in [1.29, 1.82) is 0 Å². The summed E-state index contributed by atoms with van der Waals surface area (Å²) in [4.78, 5) is 10.5. The predicted octanol–water partition coefficient (Wildman–Crippen LogP) is 1.01. The quantitative estimate of drug-likeness (QED) is 0.586. The number of carbonyl (C=O) groups is 1. The Kier molecular flexibility index (Phi) is 2.25. The van der Waals surface area contributed by atoms with Gasteiger partial charge >= 0.3 is 0 Å². The van der Waals surface area contributed by atoms with Crippen LogP contribution in [0.2, 0.25) is 0 Å². The third-order valence-electron chi connectivity index (χ3n) is 1.82. The second-order valence-corrected chi connectivity index (χ2v) is 2.75. The van der Waals surface area contributed by atoms with Crippen LogP contribution in [-0.2, 0) is 4.79 Å². The summed E-state index contributed by atoms with van der Waals surface area (Å²) in [6.45, 7) is 1.42. The first-order valence-electron chi connectivity index (χ1n) is 3.61. The van der Waals surface area contributed by atoms with Gasteiger partial charge in [0.1, 0.15) is 6.17 Å². The molecule has 0 saturated heterocycles. The van der Waals surface area contributed by atoms with Crippen molar-refractivity contribution in [3.05, 3.63) is 0 Å². The monoisotopic (exact) mass is 145 g/mol. The van der Waals surface area contributed by atoms with Gasteiger partial charge in [-0.25, -0.2) is 4.39 Å². The van der Waals surface area contributed by atoms with Crippen LogP contribution in [0.1, 0.15) is 26.2 Å². The molecular formula is C7H12FNO. The van der Waals surface area contributed by atoms with Crippen molar-refractivity contribution >= 4 is 5.91 Å². The van der Waals surface area contributed by atoms with E-state index in [0.717, 1.165) is 12.8 Å². The van der Waals surface area contributed by atoms with E-state index in [1.807, 2.05) is 0 Å². The Morgan fingerprint density at radius 3 is 2.70 bits per heavy atom. The molecule has 10 heavy (non-hydrogen) atoms. The highest BCUT2D eigenvalue weighted by molar-refractivity contribution is 5.73. The normalized spacial score (nSPS) is 32.2. The zero-order valence-electron chi connectivity index (χ0n) is 6.06. The van der Waals surface area contributed by atoms with Crippen LogP contribution in [0.3, 0.4) is 0 Å². The van der Waals surface area contributed by atoms with Crippen molar-refractivity contribution in [2.24, 2.45) is 0 Å². The highest BCUT2D eigenvalue weighted by Crippen LogP contribution is 2.21. The van der Waals surface area contributed by atoms with Gasteiger partial charge in [-0.2, -0.15) is 0 Å². The van der Waals surface area contributed by atoms with E-state index in [0.29, 0.717) is 6.42 Å². The zero-order valence-corrected chi connectivity index (χ0v) is 6.06. The maximum absolute atomic E-state index is 12.7. The van der Waals surface area contributed by atoms with Gasteiger partial charge in [0.05, 0.1) is 6.04 Å². The minimum atomic E-state index is -0.816. The van der Waals surface area contributed by atoms with Gasteiger partial charge in [0.15, 0.2) is 0 Å². The number of hydrogen-bond donors (Lipinski definition) is 1. The summed E-state index contributed by atoms with van der Waals surface area (Å²) in [6, 6.07) is -0.211. The van der Waals surface area contributed by atoms with E-state index in [1.165, 1.54) is 6.92 Å². The Morgan fingerprint density at radius 2 is 2.30 bits per heavy atom. The fourth-order valence-corrected chi connectivity index (χ4v) is 1.34. The molecule has 3 heteroatoms. The summed E-state index contributed by atoms with van der Waals surface area (Å²) in [5.41, 5.74) is 0. The molecule has 0 bridgehead atoms. The zero-order chi connectivity index (χ0) is 7.56. The minimum absolute atomic E-state index is 0.130. The maximum atomic E-state index is 12.7. The molecule has 0 aromatic rings. The van der Waals surface area contributed by atoms with E-state index in [-0.39, 0.29) is 11.9 Å². The molecule has 1 fully saturated rings. The SMILES string of the molecule is CC(=O)NC1CCCC1F. The van der Waals surface area contributed by atoms with E-state index in [2.05, 4.69) is 5.32 Å². The van der Waals surface area contributed by atoms with Crippen molar-refractivity contribution < 1.29 is 9.18 Å². The summed E-state index contributed by atoms with van der Waals surface area (Å²) in [7, 11) is 0. The summed E-state index contributed by atoms with van der Waals surface area (Å²) in [5.74, 6) is -0.130. The second-order valence-electron chi connectivity index (χ2n) is 2.75. The van der Waals surface area contributed by atoms with Gasteiger partial charge in [0.25, 0.3) is 0 Å². The first-order chi connectivity index (χ1) is 4.70. The van der Waals surface area contributed by atoms with Crippen molar-refractivity contribution in [3.63, 3.8) is 0 Å². The molecule has 0 aromatic carbocycles. The second kappa shape index (κ2) is 2.99. The molecule has 2 unspecified atom stereocenters. The largest absolute Gasteiger partial charge is 0.351 e. The molecule has 0 spiro atoms. The molecule has 1 N–H and O–H groups in total. The molecule has 58 valence electrons. The van der Waals surface area contributed by atoms with Gasteiger partial charge in [-0.1, -0.05) is 0 Å². The summed E-state index contributed by atoms with van der Waals surface area (Å²) < 4.78 is 12.7. The van der Waals surface area contributed by atoms with Crippen molar-refractivity contribution in [1.82, 2.24) is 5.32 Å². The third-order valence-corrected chi connectivity index (χ3v) is 1.82. The van der Waals surface area contributed by atoms with Crippen molar-refractivity contribution in [2.75, 3.05) is 0 Å². The van der Waals surface area contributed by atoms with Crippen LogP contribution in [0, 0.1) is 0 Å². The lowest BCUT2D eigenvalue weighted by atomic mass is 10.2. The third kappa shape index (κ3) is 1.69. The summed E-state index contributed by atoms with van der Waals surface area (Å²) in [6.07, 6.45) is 1.47. The molecule has 0 heterocycles. The Bertz CT molecular complexity index is 138. The fraction of sp³-hybridized carbons (Fsp3) is 0.857. The highest BCUT2D eigenvalue weighted by Gasteiger charge is 2.26. The van der Waals surface area contributed by atoms with Gasteiger partial charge in [0.2, 0.25) is 5.91 Å². The van der Waals surface area contributed by atoms with Crippen LogP contribution in [-0.4, -0.2) is 18.1 Å². The molecule has 2 atom stereocenters. The van der Waals surface area contributed by atoms with E-state index in [4.69, 9.17) is 0 Å². The first-order valence-corrected chi connectivity index (χ1v) is 3.61. The lowest BCUT2D eigenvalue weighted by Crippen LogP contribution is -2.36. The average molecular weight is 145 g/mol. The van der Waals surface area contributed by atoms with E-state index in [1.54, 1.807) is 0 Å². The lowest BCUT2D eigenvalue weighted by Gasteiger charge is -2.12. The Balaban J connectivity index is 2.33. The summed E-state index contributed by atoms with van der Waals surface area (Å²) in [5, 5.41) is 2.58. The number of amides is 1. The Hall–Kier alpha value is -0.600. The minimum Gasteiger partial charge on any atom is -0.351 e. The lowest BCUT2D eigenvalue weighted by molar-refractivity contribution is -0.120. The molecule has 1 aliphatic carbocycles. The number of carbonyl (C=O) groups excluding carboxylic acids is 1. The van der Waals surface area contributed by atoms with Crippen molar-refractivity contribution in [2.45, 2.75) is 38.4 Å². The molecular weight excluding hydrogens is 133 g/mol. The number of halogens is 1. The molecule has 1 amide bonds. The van der Waals surface area contributed by atoms with Gasteiger partial charge < -0.3 is 5.32 Å². The Labute approximate surface area is 59.8 Å². The first kappa shape index (κ1) is 7.51. The van der Waals surface area contributed by atoms with Gasteiger partial charge in [-0.15, -0.1) is 0 Å². The molecule has 0 aliphatic heterocycles. The van der Waals surface area contributed by atoms with Crippen LogP contribution < -0.4 is 5.32 Å². The number of hydrogen-bond acceptors (Lipinski definition) is 1. The van der Waals surface area contributed by atoms with E-state index < -0.39 is 6.17 Å². The number of rotatable bonds is 1. The van der Waals surface area contributed by atoms with Gasteiger partial charge in [0, 0.05) is 6.92 Å². The van der Waals surface area contributed by atoms with Crippen molar-refractivity contribution in [3.8, 4) is 0 Å². The smallest absolute Gasteiger partial charge is 0.217 e. The van der Waals surface area contributed by atoms with Crippen LogP contribution in [0.15, 0.2) is 0 Å². The highest BCUT2D eigenvalue weighted by atomic mass is 19.1. The molecule has 0 aromatic heterocycles. The van der Waals surface area contributed by atoms with Gasteiger partial charge in [-0.05, 0) is 19.3 Å². The van der Waals surface area contributed by atoms with E-state index in [9.17, 15) is 9.18 Å². The number of alkyl halides is 1.